The second kappa shape index (κ2) is 3.72. The van der Waals surface area contributed by atoms with E-state index >= 15 is 0 Å². The summed E-state index contributed by atoms with van der Waals surface area (Å²) in [6.07, 6.45) is 1.26. The van der Waals surface area contributed by atoms with Gasteiger partial charge in [0.1, 0.15) is 0 Å². The zero-order valence-electron chi connectivity index (χ0n) is 8.67. The maximum Gasteiger partial charge on any atom is 0.232 e. The number of para-hydroxylation sites is 1. The minimum absolute atomic E-state index is 0.0277. The van der Waals surface area contributed by atoms with E-state index in [-0.39, 0.29) is 6.04 Å². The van der Waals surface area contributed by atoms with E-state index in [4.69, 9.17) is 0 Å². The van der Waals surface area contributed by atoms with Gasteiger partial charge < -0.3 is 0 Å². The van der Waals surface area contributed by atoms with Crippen LogP contribution in [0.2, 0.25) is 0 Å². The van der Waals surface area contributed by atoms with Crippen molar-refractivity contribution in [1.82, 2.24) is 0 Å². The molecule has 0 spiro atoms. The van der Waals surface area contributed by atoms with Crippen LogP contribution in [0.25, 0.3) is 0 Å². The molecule has 1 atom stereocenters. The van der Waals surface area contributed by atoms with Crippen molar-refractivity contribution in [1.29, 1.82) is 0 Å². The summed E-state index contributed by atoms with van der Waals surface area (Å²) in [6, 6.07) is 7.65. The molecular formula is C10H13NO2S2. The van der Waals surface area contributed by atoms with Crippen LogP contribution in [0.3, 0.4) is 0 Å². The number of fused-ring (bicyclic) bond motifs is 1. The molecular weight excluding hydrogens is 230 g/mol. The zero-order chi connectivity index (χ0) is 11.1. The number of rotatable bonds is 1. The number of sulfonamides is 1. The van der Waals surface area contributed by atoms with Gasteiger partial charge in [0, 0.05) is 10.6 Å². The monoisotopic (exact) mass is 243 g/mol. The van der Waals surface area contributed by atoms with Crippen molar-refractivity contribution in [2.45, 2.75) is 17.9 Å². The van der Waals surface area contributed by atoms with Gasteiger partial charge in [0.2, 0.25) is 10.0 Å². The van der Waals surface area contributed by atoms with Crippen LogP contribution in [0, 0.1) is 0 Å². The summed E-state index contributed by atoms with van der Waals surface area (Å²) in [5.74, 6) is 0.810. The summed E-state index contributed by atoms with van der Waals surface area (Å²) >= 11 is 1.71. The first-order valence-corrected chi connectivity index (χ1v) is 7.55. The Balaban J connectivity index is 2.56. The maximum absolute atomic E-state index is 11.7. The van der Waals surface area contributed by atoms with E-state index in [1.54, 1.807) is 11.8 Å². The molecule has 15 heavy (non-hydrogen) atoms. The van der Waals surface area contributed by atoms with Crippen molar-refractivity contribution < 1.29 is 8.42 Å². The molecule has 5 heteroatoms. The first kappa shape index (κ1) is 10.8. The van der Waals surface area contributed by atoms with Gasteiger partial charge in [-0.15, -0.1) is 11.8 Å². The van der Waals surface area contributed by atoms with Crippen LogP contribution in [0.4, 0.5) is 5.69 Å². The van der Waals surface area contributed by atoms with Crippen molar-refractivity contribution in [2.75, 3.05) is 16.3 Å². The molecule has 0 saturated carbocycles. The molecule has 1 heterocycles. The van der Waals surface area contributed by atoms with Gasteiger partial charge in [0.25, 0.3) is 0 Å². The van der Waals surface area contributed by atoms with Gasteiger partial charge in [-0.1, -0.05) is 12.1 Å². The van der Waals surface area contributed by atoms with Crippen molar-refractivity contribution in [3.63, 3.8) is 0 Å². The number of hydrogen-bond donors (Lipinski definition) is 0. The van der Waals surface area contributed by atoms with Crippen molar-refractivity contribution in [2.24, 2.45) is 0 Å². The van der Waals surface area contributed by atoms with Crippen LogP contribution in [0.15, 0.2) is 29.2 Å². The van der Waals surface area contributed by atoms with Gasteiger partial charge in [0.15, 0.2) is 0 Å². The molecule has 0 saturated heterocycles. The van der Waals surface area contributed by atoms with Crippen LogP contribution < -0.4 is 4.31 Å². The Hall–Kier alpha value is -0.680. The molecule has 0 fully saturated rings. The van der Waals surface area contributed by atoms with Crippen LogP contribution in [0.1, 0.15) is 6.92 Å². The fourth-order valence-corrected chi connectivity index (χ4v) is 4.24. The molecule has 1 aliphatic heterocycles. The molecule has 2 rings (SSSR count). The molecule has 3 nitrogen and oxygen atoms in total. The van der Waals surface area contributed by atoms with Gasteiger partial charge in [-0.05, 0) is 19.1 Å². The third-order valence-electron chi connectivity index (χ3n) is 2.34. The van der Waals surface area contributed by atoms with Crippen molar-refractivity contribution in [3.8, 4) is 0 Å². The molecule has 82 valence electrons. The molecule has 1 aliphatic rings. The summed E-state index contributed by atoms with van der Waals surface area (Å²) in [6.45, 7) is 1.93. The topological polar surface area (TPSA) is 37.4 Å². The van der Waals surface area contributed by atoms with E-state index in [9.17, 15) is 8.42 Å². The number of benzene rings is 1. The fraction of sp³-hybridized carbons (Fsp3) is 0.400. The second-order valence-electron chi connectivity index (χ2n) is 3.69. The number of nitrogens with zero attached hydrogens (tertiary/aromatic N) is 1. The fourth-order valence-electron chi connectivity index (χ4n) is 1.78. The second-order valence-corrected chi connectivity index (χ2v) is 6.61. The molecule has 0 radical (unpaired) electrons. The quantitative estimate of drug-likeness (QED) is 0.756. The molecule has 0 aliphatic carbocycles. The SMILES string of the molecule is CC1CSc2ccccc2N1S(C)(=O)=O. The number of thioether (sulfide) groups is 1. The summed E-state index contributed by atoms with van der Waals surface area (Å²) in [5.41, 5.74) is 0.809. The number of hydrogen-bond acceptors (Lipinski definition) is 3. The van der Waals surface area contributed by atoms with Gasteiger partial charge in [-0.3, -0.25) is 4.31 Å². The third-order valence-corrected chi connectivity index (χ3v) is 4.92. The lowest BCUT2D eigenvalue weighted by molar-refractivity contribution is 0.589. The van der Waals surface area contributed by atoms with Crippen LogP contribution >= 0.6 is 11.8 Å². The lowest BCUT2D eigenvalue weighted by Crippen LogP contribution is -2.41. The molecule has 0 N–H and O–H groups in total. The lowest BCUT2D eigenvalue weighted by atomic mass is 10.3. The van der Waals surface area contributed by atoms with Crippen LogP contribution in [-0.4, -0.2) is 26.5 Å². The van der Waals surface area contributed by atoms with Crippen molar-refractivity contribution >= 4 is 27.5 Å². The molecule has 1 unspecified atom stereocenters. The molecule has 0 bridgehead atoms. The Morgan fingerprint density at radius 1 is 1.40 bits per heavy atom. The predicted octanol–water partition coefficient (Wildman–Crippen LogP) is 1.95. The van der Waals surface area contributed by atoms with E-state index < -0.39 is 10.0 Å². The Kier molecular flexibility index (Phi) is 2.68. The van der Waals surface area contributed by atoms with Gasteiger partial charge in [0.05, 0.1) is 18.0 Å². The van der Waals surface area contributed by atoms with Gasteiger partial charge >= 0.3 is 0 Å². The normalized spacial score (nSPS) is 21.2. The average molecular weight is 243 g/mol. The summed E-state index contributed by atoms with van der Waals surface area (Å²) in [4.78, 5) is 1.04. The first-order valence-electron chi connectivity index (χ1n) is 4.71. The Morgan fingerprint density at radius 2 is 2.07 bits per heavy atom. The standard InChI is InChI=1S/C10H13NO2S2/c1-8-7-14-10-6-4-3-5-9(10)11(8)15(2,12)13/h3-6,8H,7H2,1-2H3. The van der Waals surface area contributed by atoms with Gasteiger partial charge in [-0.25, -0.2) is 8.42 Å². The zero-order valence-corrected chi connectivity index (χ0v) is 10.3. The largest absolute Gasteiger partial charge is 0.266 e. The Morgan fingerprint density at radius 3 is 2.73 bits per heavy atom. The third kappa shape index (κ3) is 1.99. The van der Waals surface area contributed by atoms with E-state index in [2.05, 4.69) is 0 Å². The maximum atomic E-state index is 11.7. The number of anilines is 1. The minimum Gasteiger partial charge on any atom is -0.266 e. The Bertz CT molecular complexity index is 470. The summed E-state index contributed by atoms with van der Waals surface area (Å²) in [7, 11) is -3.17. The highest BCUT2D eigenvalue weighted by Gasteiger charge is 2.29. The summed E-state index contributed by atoms with van der Waals surface area (Å²) < 4.78 is 24.9. The van der Waals surface area contributed by atoms with E-state index in [1.807, 2.05) is 31.2 Å². The predicted molar refractivity (Wildman–Crippen MR) is 64.0 cm³/mol. The van der Waals surface area contributed by atoms with Crippen molar-refractivity contribution in [3.05, 3.63) is 24.3 Å². The average Bonchev–Trinajstić information content (AvgIpc) is 2.15. The Labute approximate surface area is 94.5 Å². The molecule has 0 aromatic heterocycles. The van der Waals surface area contributed by atoms with Gasteiger partial charge in [-0.2, -0.15) is 0 Å². The van der Waals surface area contributed by atoms with Crippen LogP contribution in [-0.2, 0) is 10.0 Å². The van der Waals surface area contributed by atoms with Crippen LogP contribution in [0.5, 0.6) is 0 Å². The molecule has 1 aromatic carbocycles. The van der Waals surface area contributed by atoms with E-state index in [1.165, 1.54) is 10.6 Å². The van der Waals surface area contributed by atoms with E-state index in [0.717, 1.165) is 16.3 Å². The summed E-state index contributed by atoms with van der Waals surface area (Å²) in [5, 5.41) is 0. The first-order chi connectivity index (χ1) is 7.00. The highest BCUT2D eigenvalue weighted by Crippen LogP contribution is 2.38. The molecule has 1 aromatic rings. The lowest BCUT2D eigenvalue weighted by Gasteiger charge is -2.34. The molecule has 0 amide bonds. The highest BCUT2D eigenvalue weighted by molar-refractivity contribution is 8.00. The minimum atomic E-state index is -3.17. The smallest absolute Gasteiger partial charge is 0.232 e. The highest BCUT2D eigenvalue weighted by atomic mass is 32.2. The van der Waals surface area contributed by atoms with E-state index in [0.29, 0.717) is 0 Å².